The average molecular weight is 377 g/mol. The molecule has 3 rings (SSSR count). The van der Waals surface area contributed by atoms with E-state index >= 15 is 0 Å². The highest BCUT2D eigenvalue weighted by atomic mass is 79.9. The topological polar surface area (TPSA) is 50.8 Å². The lowest BCUT2D eigenvalue weighted by atomic mass is 10.2. The molecule has 1 aliphatic rings. The van der Waals surface area contributed by atoms with Crippen LogP contribution < -0.4 is 14.8 Å². The number of carbonyl (C=O) groups excluding carboxylic acids is 1. The van der Waals surface area contributed by atoms with E-state index in [1.807, 2.05) is 54.4 Å². The Morgan fingerprint density at radius 2 is 2.00 bits per heavy atom. The SMILES string of the molecule is CN(CC(=O)Nc1ccccc1Br)Cc1ccc2c(c1)OCO2. The van der Waals surface area contributed by atoms with Gasteiger partial charge in [0.1, 0.15) is 0 Å². The molecule has 0 saturated carbocycles. The number of hydrogen-bond acceptors (Lipinski definition) is 4. The van der Waals surface area contributed by atoms with Crippen LogP contribution in [-0.2, 0) is 11.3 Å². The zero-order chi connectivity index (χ0) is 16.2. The van der Waals surface area contributed by atoms with Crippen LogP contribution in [0.4, 0.5) is 5.69 Å². The second-order valence-electron chi connectivity index (χ2n) is 5.39. The van der Waals surface area contributed by atoms with Gasteiger partial charge in [-0.3, -0.25) is 9.69 Å². The molecule has 0 atom stereocenters. The van der Waals surface area contributed by atoms with Gasteiger partial charge in [0.2, 0.25) is 12.7 Å². The lowest BCUT2D eigenvalue weighted by molar-refractivity contribution is -0.117. The van der Waals surface area contributed by atoms with Crippen LogP contribution >= 0.6 is 15.9 Å². The van der Waals surface area contributed by atoms with Crippen LogP contribution in [-0.4, -0.2) is 31.2 Å². The van der Waals surface area contributed by atoms with Crippen LogP contribution in [0.1, 0.15) is 5.56 Å². The third-order valence-corrected chi connectivity index (χ3v) is 4.14. The summed E-state index contributed by atoms with van der Waals surface area (Å²) in [6.07, 6.45) is 0. The highest BCUT2D eigenvalue weighted by Crippen LogP contribution is 2.32. The summed E-state index contributed by atoms with van der Waals surface area (Å²) >= 11 is 3.42. The quantitative estimate of drug-likeness (QED) is 0.869. The van der Waals surface area contributed by atoms with Gasteiger partial charge in [0.15, 0.2) is 11.5 Å². The van der Waals surface area contributed by atoms with Gasteiger partial charge in [0.25, 0.3) is 0 Å². The van der Waals surface area contributed by atoms with E-state index in [9.17, 15) is 4.79 Å². The Balaban J connectivity index is 1.55. The fraction of sp³-hybridized carbons (Fsp3) is 0.235. The van der Waals surface area contributed by atoms with E-state index in [0.29, 0.717) is 13.1 Å². The zero-order valence-electron chi connectivity index (χ0n) is 12.7. The molecule has 0 radical (unpaired) electrons. The van der Waals surface area contributed by atoms with E-state index < -0.39 is 0 Å². The number of carbonyl (C=O) groups is 1. The van der Waals surface area contributed by atoms with Gasteiger partial charge in [-0.1, -0.05) is 18.2 Å². The van der Waals surface area contributed by atoms with Crippen molar-refractivity contribution in [1.29, 1.82) is 0 Å². The highest BCUT2D eigenvalue weighted by molar-refractivity contribution is 9.10. The summed E-state index contributed by atoms with van der Waals surface area (Å²) in [7, 11) is 1.91. The maximum absolute atomic E-state index is 12.1. The third kappa shape index (κ3) is 4.03. The van der Waals surface area contributed by atoms with Crippen molar-refractivity contribution >= 4 is 27.5 Å². The highest BCUT2D eigenvalue weighted by Gasteiger charge is 2.14. The van der Waals surface area contributed by atoms with E-state index in [2.05, 4.69) is 21.2 Å². The number of benzene rings is 2. The van der Waals surface area contributed by atoms with Crippen LogP contribution in [0.3, 0.4) is 0 Å². The fourth-order valence-electron chi connectivity index (χ4n) is 2.40. The summed E-state index contributed by atoms with van der Waals surface area (Å²) in [5, 5.41) is 2.90. The van der Waals surface area contributed by atoms with E-state index in [1.54, 1.807) is 0 Å². The number of nitrogens with one attached hydrogen (secondary N) is 1. The molecular weight excluding hydrogens is 360 g/mol. The largest absolute Gasteiger partial charge is 0.454 e. The number of nitrogens with zero attached hydrogens (tertiary/aromatic N) is 1. The Hall–Kier alpha value is -2.05. The van der Waals surface area contributed by atoms with Gasteiger partial charge in [0.05, 0.1) is 12.2 Å². The molecule has 0 fully saturated rings. The minimum absolute atomic E-state index is 0.0554. The van der Waals surface area contributed by atoms with Gasteiger partial charge >= 0.3 is 0 Å². The summed E-state index contributed by atoms with van der Waals surface area (Å²) < 4.78 is 11.5. The summed E-state index contributed by atoms with van der Waals surface area (Å²) in [5.41, 5.74) is 1.85. The summed E-state index contributed by atoms with van der Waals surface area (Å²) in [6, 6.07) is 13.4. The van der Waals surface area contributed by atoms with Crippen LogP contribution in [0.5, 0.6) is 11.5 Å². The summed E-state index contributed by atoms with van der Waals surface area (Å²) in [5.74, 6) is 1.47. The van der Waals surface area contributed by atoms with Crippen molar-refractivity contribution < 1.29 is 14.3 Å². The second kappa shape index (κ2) is 7.02. The predicted octanol–water partition coefficient (Wildman–Crippen LogP) is 3.25. The number of fused-ring (bicyclic) bond motifs is 1. The molecule has 0 saturated heterocycles. The van der Waals surface area contributed by atoms with Gasteiger partial charge in [-0.25, -0.2) is 0 Å². The normalized spacial score (nSPS) is 12.5. The molecule has 1 N–H and O–H groups in total. The van der Waals surface area contributed by atoms with Crippen LogP contribution in [0.25, 0.3) is 0 Å². The first kappa shape index (κ1) is 15.8. The molecule has 1 heterocycles. The Morgan fingerprint density at radius 3 is 2.83 bits per heavy atom. The molecule has 2 aromatic rings. The van der Waals surface area contributed by atoms with E-state index in [4.69, 9.17) is 9.47 Å². The average Bonchev–Trinajstić information content (AvgIpc) is 2.97. The van der Waals surface area contributed by atoms with Gasteiger partial charge in [-0.05, 0) is 52.8 Å². The van der Waals surface area contributed by atoms with Crippen molar-refractivity contribution in [2.45, 2.75) is 6.54 Å². The number of para-hydroxylation sites is 1. The van der Waals surface area contributed by atoms with E-state index in [-0.39, 0.29) is 12.7 Å². The molecule has 120 valence electrons. The predicted molar refractivity (Wildman–Crippen MR) is 91.7 cm³/mol. The van der Waals surface area contributed by atoms with Gasteiger partial charge in [-0.15, -0.1) is 0 Å². The number of rotatable bonds is 5. The number of ether oxygens (including phenoxy) is 2. The zero-order valence-corrected chi connectivity index (χ0v) is 14.3. The summed E-state index contributed by atoms with van der Waals surface area (Å²) in [4.78, 5) is 14.1. The maximum atomic E-state index is 12.1. The summed E-state index contributed by atoms with van der Waals surface area (Å²) in [6.45, 7) is 1.22. The first-order valence-corrected chi connectivity index (χ1v) is 8.02. The van der Waals surface area contributed by atoms with Crippen LogP contribution in [0.2, 0.25) is 0 Å². The van der Waals surface area contributed by atoms with Crippen molar-refractivity contribution in [1.82, 2.24) is 4.90 Å². The molecule has 1 amide bonds. The number of halogens is 1. The first-order chi connectivity index (χ1) is 11.1. The molecular formula is C17H17BrN2O3. The molecule has 0 bridgehead atoms. The Labute approximate surface area is 143 Å². The van der Waals surface area contributed by atoms with Crippen molar-refractivity contribution in [3.8, 4) is 11.5 Å². The minimum Gasteiger partial charge on any atom is -0.454 e. The first-order valence-electron chi connectivity index (χ1n) is 7.23. The molecule has 1 aliphatic heterocycles. The third-order valence-electron chi connectivity index (χ3n) is 3.45. The van der Waals surface area contributed by atoms with Crippen molar-refractivity contribution in [3.63, 3.8) is 0 Å². The number of amides is 1. The fourth-order valence-corrected chi connectivity index (χ4v) is 2.79. The van der Waals surface area contributed by atoms with Gasteiger partial charge in [-0.2, -0.15) is 0 Å². The molecule has 0 unspecified atom stereocenters. The van der Waals surface area contributed by atoms with Crippen LogP contribution in [0.15, 0.2) is 46.9 Å². The number of anilines is 1. The molecule has 0 aliphatic carbocycles. The second-order valence-corrected chi connectivity index (χ2v) is 6.24. The van der Waals surface area contributed by atoms with Gasteiger partial charge < -0.3 is 14.8 Å². The lowest BCUT2D eigenvalue weighted by Gasteiger charge is -2.17. The molecule has 6 heteroatoms. The Bertz CT molecular complexity index is 721. The number of hydrogen-bond donors (Lipinski definition) is 1. The van der Waals surface area contributed by atoms with Crippen molar-refractivity contribution in [2.24, 2.45) is 0 Å². The monoisotopic (exact) mass is 376 g/mol. The lowest BCUT2D eigenvalue weighted by Crippen LogP contribution is -2.29. The molecule has 0 aromatic heterocycles. The van der Waals surface area contributed by atoms with Crippen molar-refractivity contribution in [2.75, 3.05) is 25.7 Å². The smallest absolute Gasteiger partial charge is 0.238 e. The van der Waals surface area contributed by atoms with Crippen molar-refractivity contribution in [3.05, 3.63) is 52.5 Å². The van der Waals surface area contributed by atoms with E-state index in [0.717, 1.165) is 27.2 Å². The van der Waals surface area contributed by atoms with Gasteiger partial charge in [0, 0.05) is 11.0 Å². The maximum Gasteiger partial charge on any atom is 0.238 e. The molecule has 0 spiro atoms. The molecule has 2 aromatic carbocycles. The minimum atomic E-state index is -0.0554. The molecule has 23 heavy (non-hydrogen) atoms. The Morgan fingerprint density at radius 1 is 1.22 bits per heavy atom. The number of likely N-dealkylation sites (N-methyl/N-ethyl adjacent to an activating group) is 1. The molecule has 5 nitrogen and oxygen atoms in total. The van der Waals surface area contributed by atoms with Crippen LogP contribution in [0, 0.1) is 0 Å². The standard InChI is InChI=1S/C17H17BrN2O3/c1-20(9-12-6-7-15-16(8-12)23-11-22-15)10-17(21)19-14-5-3-2-4-13(14)18/h2-8H,9-11H2,1H3,(H,19,21). The Kier molecular flexibility index (Phi) is 4.83. The van der Waals surface area contributed by atoms with E-state index in [1.165, 1.54) is 0 Å².